The Bertz CT molecular complexity index is 921. The molecule has 1 rings (SSSR count). The van der Waals surface area contributed by atoms with Gasteiger partial charge < -0.3 is 19.8 Å². The van der Waals surface area contributed by atoms with Gasteiger partial charge >= 0.3 is 5.63 Å². The van der Waals surface area contributed by atoms with E-state index in [4.69, 9.17) is 9.15 Å². The topological polar surface area (TPSA) is 97.6 Å². The summed E-state index contributed by atoms with van der Waals surface area (Å²) in [7, 11) is 1.52. The molecule has 1 aromatic heterocycles. The van der Waals surface area contributed by atoms with Crippen LogP contribution in [0.5, 0.6) is 5.75 Å². The van der Waals surface area contributed by atoms with E-state index >= 15 is 0 Å². The van der Waals surface area contributed by atoms with Crippen LogP contribution in [0.2, 0.25) is 0 Å². The molecular formula is C26H40N2O5. The highest BCUT2D eigenvalue weighted by atomic mass is 16.5. The number of methoxy groups -OCH3 is 1. The number of aryl methyl sites for hydroxylation is 1. The molecule has 184 valence electrons. The fourth-order valence-electron chi connectivity index (χ4n) is 3.23. The van der Waals surface area contributed by atoms with Gasteiger partial charge in [0.1, 0.15) is 17.1 Å². The van der Waals surface area contributed by atoms with Gasteiger partial charge in [0.05, 0.1) is 13.2 Å². The first kappa shape index (κ1) is 28.4. The van der Waals surface area contributed by atoms with Gasteiger partial charge in [-0.2, -0.15) is 0 Å². The molecule has 1 aromatic rings. The van der Waals surface area contributed by atoms with Gasteiger partial charge in [-0.3, -0.25) is 9.59 Å². The van der Waals surface area contributed by atoms with E-state index in [1.165, 1.54) is 13.2 Å². The van der Waals surface area contributed by atoms with Crippen molar-refractivity contribution >= 4 is 11.7 Å². The second-order valence-electron chi connectivity index (χ2n) is 10.2. The van der Waals surface area contributed by atoms with Gasteiger partial charge in [0.25, 0.3) is 5.91 Å². The number of hydrogen-bond donors (Lipinski definition) is 2. The average Bonchev–Trinajstić information content (AvgIpc) is 2.68. The third kappa shape index (κ3) is 10.7. The highest BCUT2D eigenvalue weighted by Crippen LogP contribution is 2.21. The Hall–Kier alpha value is -2.67. The first-order valence-corrected chi connectivity index (χ1v) is 11.4. The quantitative estimate of drug-likeness (QED) is 0.532. The Morgan fingerprint density at radius 2 is 1.70 bits per heavy atom. The normalized spacial score (nSPS) is 12.5. The van der Waals surface area contributed by atoms with Crippen LogP contribution < -0.4 is 21.0 Å². The molecule has 0 fully saturated rings. The van der Waals surface area contributed by atoms with Gasteiger partial charge in [0.15, 0.2) is 5.78 Å². The van der Waals surface area contributed by atoms with E-state index in [2.05, 4.69) is 10.6 Å². The number of ether oxygens (including phenoxy) is 1. The van der Waals surface area contributed by atoms with Crippen molar-refractivity contribution in [2.75, 3.05) is 13.7 Å². The smallest absolute Gasteiger partial charge is 0.348 e. The second-order valence-corrected chi connectivity index (χ2v) is 10.2. The molecule has 0 bridgehead atoms. The third-order valence-corrected chi connectivity index (χ3v) is 4.80. The molecule has 0 aliphatic heterocycles. The molecule has 0 aliphatic carbocycles. The van der Waals surface area contributed by atoms with E-state index in [0.717, 1.165) is 6.42 Å². The van der Waals surface area contributed by atoms with Crippen LogP contribution in [0.4, 0.5) is 0 Å². The van der Waals surface area contributed by atoms with Crippen molar-refractivity contribution in [3.8, 4) is 5.75 Å². The molecule has 2 N–H and O–H groups in total. The molecule has 7 nitrogen and oxygen atoms in total. The number of ketones is 1. The van der Waals surface area contributed by atoms with E-state index in [1.54, 1.807) is 31.2 Å². The number of carbonyl (C=O) groups excluding carboxylic acids is 2. The largest absolute Gasteiger partial charge is 0.497 e. The summed E-state index contributed by atoms with van der Waals surface area (Å²) in [6, 6.07) is 7.72. The summed E-state index contributed by atoms with van der Waals surface area (Å²) in [6.07, 6.45) is 2.11. The van der Waals surface area contributed by atoms with Gasteiger partial charge in [-0.05, 0) is 59.1 Å². The minimum atomic E-state index is -0.728. The maximum Gasteiger partial charge on any atom is 0.348 e. The molecule has 0 saturated carbocycles. The summed E-state index contributed by atoms with van der Waals surface area (Å²) in [5.74, 6) is 0.533. The van der Waals surface area contributed by atoms with Crippen molar-refractivity contribution in [2.24, 2.45) is 5.41 Å². The monoisotopic (exact) mass is 460 g/mol. The molecule has 0 spiro atoms. The lowest BCUT2D eigenvalue weighted by molar-refractivity contribution is -0.129. The van der Waals surface area contributed by atoms with Crippen LogP contribution >= 0.6 is 0 Å². The summed E-state index contributed by atoms with van der Waals surface area (Å²) < 4.78 is 10.4. The lowest BCUT2D eigenvalue weighted by Gasteiger charge is -2.31. The van der Waals surface area contributed by atoms with Crippen LogP contribution in [-0.4, -0.2) is 36.9 Å². The zero-order valence-electron chi connectivity index (χ0n) is 21.3. The Kier molecular flexibility index (Phi) is 10.8. The molecular weight excluding hydrogens is 420 g/mol. The first-order chi connectivity index (χ1) is 15.2. The van der Waals surface area contributed by atoms with Gasteiger partial charge in [0, 0.05) is 23.6 Å². The third-order valence-electron chi connectivity index (χ3n) is 4.80. The van der Waals surface area contributed by atoms with Gasteiger partial charge in [-0.15, -0.1) is 0 Å². The van der Waals surface area contributed by atoms with Crippen LogP contribution in [0.3, 0.4) is 0 Å². The molecule has 7 heteroatoms. The molecule has 0 aromatic carbocycles. The summed E-state index contributed by atoms with van der Waals surface area (Å²) in [5.41, 5.74) is -1.42. The predicted molar refractivity (Wildman–Crippen MR) is 131 cm³/mol. The van der Waals surface area contributed by atoms with Crippen molar-refractivity contribution in [2.45, 2.75) is 79.3 Å². The van der Waals surface area contributed by atoms with E-state index in [9.17, 15) is 14.4 Å². The maximum atomic E-state index is 12.8. The van der Waals surface area contributed by atoms with Crippen molar-refractivity contribution in [1.29, 1.82) is 0 Å². The highest BCUT2D eigenvalue weighted by Gasteiger charge is 2.31. The lowest BCUT2D eigenvalue weighted by Crippen LogP contribution is -2.50. The molecule has 33 heavy (non-hydrogen) atoms. The maximum absolute atomic E-state index is 12.8. The minimum absolute atomic E-state index is 0.0801. The van der Waals surface area contributed by atoms with E-state index in [1.807, 2.05) is 41.5 Å². The van der Waals surface area contributed by atoms with Gasteiger partial charge in [-0.25, -0.2) is 4.79 Å². The van der Waals surface area contributed by atoms with Crippen molar-refractivity contribution in [3.63, 3.8) is 0 Å². The van der Waals surface area contributed by atoms with Crippen molar-refractivity contribution in [1.82, 2.24) is 10.6 Å². The number of Topliss-reactive ketones (excluding diaryl/α,β-unsaturated/α-hetero) is 1. The van der Waals surface area contributed by atoms with E-state index in [-0.39, 0.29) is 22.9 Å². The van der Waals surface area contributed by atoms with Crippen LogP contribution in [0.15, 0.2) is 39.5 Å². The molecule has 1 amide bonds. The summed E-state index contributed by atoms with van der Waals surface area (Å²) in [6.45, 7) is 13.9. The Balaban J connectivity index is 2.79. The fourth-order valence-corrected chi connectivity index (χ4v) is 3.23. The Labute approximate surface area is 197 Å². The van der Waals surface area contributed by atoms with Crippen LogP contribution in [0.1, 0.15) is 76.9 Å². The van der Waals surface area contributed by atoms with Crippen LogP contribution in [0, 0.1) is 12.3 Å². The number of hydrogen-bond acceptors (Lipinski definition) is 6. The predicted octanol–water partition coefficient (Wildman–Crippen LogP) is 4.35. The number of nitrogens with one attached hydrogen (secondary N) is 2. The summed E-state index contributed by atoms with van der Waals surface area (Å²) in [4.78, 5) is 37.8. The van der Waals surface area contributed by atoms with Gasteiger partial charge in [0.2, 0.25) is 0 Å². The standard InChI is InChI=1S/C26H40N2O5/c1-18-17-19(32-8)13-9-10-14-20(24(31)33-18)23(30)27-16-12-11-15-21(28-26(5,6)7)22(29)25(2,3)4/h9-10,13-14,17,21,28H,11-12,15-16H2,1-8H3,(H,27,30). The molecule has 1 heterocycles. The fraction of sp³-hybridized carbons (Fsp3) is 0.577. The zero-order valence-corrected chi connectivity index (χ0v) is 21.3. The zero-order chi connectivity index (χ0) is 25.2. The van der Waals surface area contributed by atoms with Crippen LogP contribution in [-0.2, 0) is 4.79 Å². The second kappa shape index (κ2) is 12.5. The van der Waals surface area contributed by atoms with E-state index in [0.29, 0.717) is 30.9 Å². The first-order valence-electron chi connectivity index (χ1n) is 11.4. The lowest BCUT2D eigenvalue weighted by atomic mass is 9.84. The minimum Gasteiger partial charge on any atom is -0.497 e. The van der Waals surface area contributed by atoms with Crippen molar-refractivity contribution in [3.05, 3.63) is 52.1 Å². The SMILES string of the molecule is COc1ccccc(C(=O)NCCCCC(NC(C)(C)C)C(=O)C(C)(C)C)c(=O)oc(C)c1. The van der Waals surface area contributed by atoms with E-state index < -0.39 is 16.9 Å². The Morgan fingerprint density at radius 3 is 2.27 bits per heavy atom. The number of rotatable bonds is 9. The van der Waals surface area contributed by atoms with Gasteiger partial charge in [-0.1, -0.05) is 32.9 Å². The highest BCUT2D eigenvalue weighted by molar-refractivity contribution is 5.93. The number of carbonyl (C=O) groups is 2. The molecule has 1 unspecified atom stereocenters. The Morgan fingerprint density at radius 1 is 1.06 bits per heavy atom. The van der Waals surface area contributed by atoms with Crippen LogP contribution in [0.25, 0.3) is 0 Å². The molecule has 0 saturated heterocycles. The molecule has 1 atom stereocenters. The average molecular weight is 461 g/mol. The van der Waals surface area contributed by atoms with Crippen molar-refractivity contribution < 1.29 is 18.7 Å². The number of amides is 1. The summed E-state index contributed by atoms with van der Waals surface area (Å²) >= 11 is 0. The molecule has 0 aliphatic rings. The summed E-state index contributed by atoms with van der Waals surface area (Å²) in [5, 5.41) is 6.20. The molecule has 0 radical (unpaired) electrons. The number of unbranched alkanes of at least 4 members (excludes halogenated alkanes) is 1.